The summed E-state index contributed by atoms with van der Waals surface area (Å²) in [5, 5.41) is 11.4. The van der Waals surface area contributed by atoms with Crippen LogP contribution in [0.1, 0.15) is 32.3 Å². The van der Waals surface area contributed by atoms with E-state index in [1.807, 2.05) is 6.07 Å². The third kappa shape index (κ3) is 2.90. The highest BCUT2D eigenvalue weighted by Crippen LogP contribution is 2.28. The maximum Gasteiger partial charge on any atom is 0.244 e. The number of carbonyl (C=O) groups is 1. The van der Waals surface area contributed by atoms with E-state index in [1.165, 1.54) is 6.92 Å². The van der Waals surface area contributed by atoms with Gasteiger partial charge in [0.25, 0.3) is 0 Å². The fourth-order valence-corrected chi connectivity index (χ4v) is 1.76. The average molecular weight is 266 g/mol. The molecule has 0 radical (unpaired) electrons. The number of rotatable bonds is 4. The molecule has 1 rings (SSSR count). The SMILES string of the molecule is CCC(C#N)(CC)C(=O)Nc1cc(F)c(C)cc1F. The fraction of sp³-hybridized carbons (Fsp3) is 0.429. The number of nitrogens with zero attached hydrogens (tertiary/aromatic N) is 1. The van der Waals surface area contributed by atoms with E-state index in [4.69, 9.17) is 5.26 Å². The van der Waals surface area contributed by atoms with Crippen molar-refractivity contribution in [2.24, 2.45) is 5.41 Å². The number of nitrogens with one attached hydrogen (secondary N) is 1. The second-order valence-corrected chi connectivity index (χ2v) is 4.44. The van der Waals surface area contributed by atoms with Gasteiger partial charge in [0.2, 0.25) is 5.91 Å². The van der Waals surface area contributed by atoms with Crippen LogP contribution in [0.4, 0.5) is 14.5 Å². The summed E-state index contributed by atoms with van der Waals surface area (Å²) in [4.78, 5) is 12.1. The molecule has 0 atom stereocenters. The Bertz CT molecular complexity index is 531. The Morgan fingerprint density at radius 2 is 1.89 bits per heavy atom. The number of hydrogen-bond acceptors (Lipinski definition) is 2. The Labute approximate surface area is 111 Å². The molecule has 0 saturated carbocycles. The summed E-state index contributed by atoms with van der Waals surface area (Å²) >= 11 is 0. The van der Waals surface area contributed by atoms with Crippen molar-refractivity contribution in [3.63, 3.8) is 0 Å². The molecule has 0 spiro atoms. The van der Waals surface area contributed by atoms with Gasteiger partial charge < -0.3 is 5.32 Å². The highest BCUT2D eigenvalue weighted by molar-refractivity contribution is 5.97. The smallest absolute Gasteiger partial charge is 0.244 e. The third-order valence-corrected chi connectivity index (χ3v) is 3.35. The summed E-state index contributed by atoms with van der Waals surface area (Å²) in [6.45, 7) is 4.85. The molecule has 1 amide bonds. The highest BCUT2D eigenvalue weighted by Gasteiger charge is 2.35. The lowest BCUT2D eigenvalue weighted by Gasteiger charge is -2.22. The zero-order valence-corrected chi connectivity index (χ0v) is 11.2. The van der Waals surface area contributed by atoms with Crippen LogP contribution in [0, 0.1) is 35.3 Å². The van der Waals surface area contributed by atoms with Gasteiger partial charge in [0.15, 0.2) is 0 Å². The van der Waals surface area contributed by atoms with E-state index < -0.39 is 23.0 Å². The third-order valence-electron chi connectivity index (χ3n) is 3.35. The molecular formula is C14H16F2N2O. The number of aryl methyl sites for hydroxylation is 1. The van der Waals surface area contributed by atoms with Crippen LogP contribution < -0.4 is 5.32 Å². The quantitative estimate of drug-likeness (QED) is 0.906. The summed E-state index contributed by atoms with van der Waals surface area (Å²) in [7, 11) is 0. The first-order valence-electron chi connectivity index (χ1n) is 6.08. The van der Waals surface area contributed by atoms with Crippen LogP contribution in [0.5, 0.6) is 0 Å². The summed E-state index contributed by atoms with van der Waals surface area (Å²) in [5.41, 5.74) is -1.30. The number of halogens is 2. The van der Waals surface area contributed by atoms with Crippen molar-refractivity contribution < 1.29 is 13.6 Å². The molecule has 0 aromatic heterocycles. The van der Waals surface area contributed by atoms with Gasteiger partial charge in [-0.15, -0.1) is 0 Å². The van der Waals surface area contributed by atoms with Crippen LogP contribution in [0.2, 0.25) is 0 Å². The van der Waals surface area contributed by atoms with Crippen molar-refractivity contribution in [2.75, 3.05) is 5.32 Å². The molecule has 0 heterocycles. The monoisotopic (exact) mass is 266 g/mol. The van der Waals surface area contributed by atoms with Crippen molar-refractivity contribution in [3.8, 4) is 6.07 Å². The molecule has 0 fully saturated rings. The zero-order chi connectivity index (χ0) is 14.6. The molecule has 19 heavy (non-hydrogen) atoms. The highest BCUT2D eigenvalue weighted by atomic mass is 19.1. The van der Waals surface area contributed by atoms with Gasteiger partial charge in [-0.25, -0.2) is 8.78 Å². The van der Waals surface area contributed by atoms with Gasteiger partial charge in [-0.05, 0) is 31.4 Å². The first-order valence-corrected chi connectivity index (χ1v) is 6.08. The number of anilines is 1. The topological polar surface area (TPSA) is 52.9 Å². The van der Waals surface area contributed by atoms with E-state index in [0.29, 0.717) is 12.8 Å². The number of amides is 1. The van der Waals surface area contributed by atoms with Crippen LogP contribution in [0.3, 0.4) is 0 Å². The van der Waals surface area contributed by atoms with Crippen molar-refractivity contribution >= 4 is 11.6 Å². The predicted octanol–water partition coefficient (Wildman–Crippen LogP) is 3.54. The van der Waals surface area contributed by atoms with Gasteiger partial charge in [-0.3, -0.25) is 4.79 Å². The Balaban J connectivity index is 3.07. The zero-order valence-electron chi connectivity index (χ0n) is 11.2. The lowest BCUT2D eigenvalue weighted by Crippen LogP contribution is -2.34. The van der Waals surface area contributed by atoms with Crippen molar-refractivity contribution in [2.45, 2.75) is 33.6 Å². The molecular weight excluding hydrogens is 250 g/mol. The molecule has 0 bridgehead atoms. The second-order valence-electron chi connectivity index (χ2n) is 4.44. The summed E-state index contributed by atoms with van der Waals surface area (Å²) < 4.78 is 27.0. The lowest BCUT2D eigenvalue weighted by molar-refractivity contribution is -0.123. The van der Waals surface area contributed by atoms with Crippen LogP contribution in [-0.2, 0) is 4.79 Å². The van der Waals surface area contributed by atoms with Crippen LogP contribution in [0.25, 0.3) is 0 Å². The van der Waals surface area contributed by atoms with Gasteiger partial charge in [0, 0.05) is 6.07 Å². The number of hydrogen-bond donors (Lipinski definition) is 1. The van der Waals surface area contributed by atoms with Crippen LogP contribution in [0.15, 0.2) is 12.1 Å². The number of benzene rings is 1. The van der Waals surface area contributed by atoms with E-state index in [-0.39, 0.29) is 11.3 Å². The fourth-order valence-electron chi connectivity index (χ4n) is 1.76. The Morgan fingerprint density at radius 3 is 2.37 bits per heavy atom. The van der Waals surface area contributed by atoms with Crippen LogP contribution >= 0.6 is 0 Å². The molecule has 0 aliphatic heterocycles. The average Bonchev–Trinajstić information content (AvgIpc) is 2.38. The maximum atomic E-state index is 13.6. The number of nitriles is 1. The van der Waals surface area contributed by atoms with Gasteiger partial charge in [0.1, 0.15) is 17.0 Å². The largest absolute Gasteiger partial charge is 0.322 e. The van der Waals surface area contributed by atoms with E-state index in [9.17, 15) is 13.6 Å². The van der Waals surface area contributed by atoms with E-state index in [1.54, 1.807) is 13.8 Å². The molecule has 102 valence electrons. The number of carbonyl (C=O) groups excluding carboxylic acids is 1. The summed E-state index contributed by atoms with van der Waals surface area (Å²) in [6, 6.07) is 3.89. The molecule has 0 aliphatic carbocycles. The minimum atomic E-state index is -1.21. The molecule has 3 nitrogen and oxygen atoms in total. The Kier molecular flexibility index (Phi) is 4.60. The standard InChI is InChI=1S/C14H16F2N2O/c1-4-14(5-2,8-17)13(19)18-12-7-10(15)9(3)6-11(12)16/h6-7H,4-5H2,1-3H3,(H,18,19). The first kappa shape index (κ1) is 15.1. The minimum absolute atomic E-state index is 0.160. The van der Waals surface area contributed by atoms with Gasteiger partial charge >= 0.3 is 0 Å². The maximum absolute atomic E-state index is 13.6. The van der Waals surface area contributed by atoms with Crippen LogP contribution in [-0.4, -0.2) is 5.91 Å². The Morgan fingerprint density at radius 1 is 1.32 bits per heavy atom. The molecule has 1 N–H and O–H groups in total. The Hall–Kier alpha value is -1.96. The van der Waals surface area contributed by atoms with Crippen molar-refractivity contribution in [1.29, 1.82) is 5.26 Å². The lowest BCUT2D eigenvalue weighted by atomic mass is 9.83. The van der Waals surface area contributed by atoms with Crippen molar-refractivity contribution in [1.82, 2.24) is 0 Å². The summed E-state index contributed by atoms with van der Waals surface area (Å²) in [5.74, 6) is -1.93. The van der Waals surface area contributed by atoms with Crippen molar-refractivity contribution in [3.05, 3.63) is 29.3 Å². The minimum Gasteiger partial charge on any atom is -0.322 e. The first-order chi connectivity index (χ1) is 8.90. The summed E-state index contributed by atoms with van der Waals surface area (Å²) in [6.07, 6.45) is 0.615. The van der Waals surface area contributed by atoms with E-state index >= 15 is 0 Å². The molecule has 5 heteroatoms. The molecule has 0 saturated heterocycles. The van der Waals surface area contributed by atoms with E-state index in [0.717, 1.165) is 12.1 Å². The molecule has 1 aromatic rings. The van der Waals surface area contributed by atoms with Gasteiger partial charge in [-0.1, -0.05) is 13.8 Å². The molecule has 1 aromatic carbocycles. The molecule has 0 unspecified atom stereocenters. The second kappa shape index (κ2) is 5.79. The predicted molar refractivity (Wildman–Crippen MR) is 68.4 cm³/mol. The van der Waals surface area contributed by atoms with E-state index in [2.05, 4.69) is 5.32 Å². The molecule has 0 aliphatic rings. The van der Waals surface area contributed by atoms with Gasteiger partial charge in [-0.2, -0.15) is 5.26 Å². The van der Waals surface area contributed by atoms with Gasteiger partial charge in [0.05, 0.1) is 11.8 Å². The normalized spacial score (nSPS) is 10.9.